The Morgan fingerprint density at radius 3 is 2.04 bits per heavy atom. The van der Waals surface area contributed by atoms with Gasteiger partial charge in [0.2, 0.25) is 0 Å². The molecule has 0 fully saturated rings. The summed E-state index contributed by atoms with van der Waals surface area (Å²) in [6.07, 6.45) is 2.54. The molecular formula is C19H27BF2N2. The van der Waals surface area contributed by atoms with Crippen LogP contribution in [0.3, 0.4) is 0 Å². The Hall–Kier alpha value is -1.65. The maximum absolute atomic E-state index is 13.8. The van der Waals surface area contributed by atoms with Crippen molar-refractivity contribution in [3.63, 3.8) is 0 Å². The molecule has 0 saturated carbocycles. The molecule has 0 aromatic carbocycles. The zero-order valence-electron chi connectivity index (χ0n) is 15.8. The SMILES string of the molecule is CCC1=C(CC)/C(=C(\C)c2c(C)c(CC)c(C)n2B(F)F)N=C1C. The molecule has 130 valence electrons. The third-order valence-corrected chi connectivity index (χ3v) is 5.18. The van der Waals surface area contributed by atoms with E-state index in [1.54, 1.807) is 6.92 Å². The number of aromatic nitrogens is 1. The number of hydrogen-bond acceptors (Lipinski definition) is 1. The zero-order valence-corrected chi connectivity index (χ0v) is 15.8. The lowest BCUT2D eigenvalue weighted by Gasteiger charge is -2.13. The Bertz CT molecular complexity index is 752. The van der Waals surface area contributed by atoms with E-state index in [2.05, 4.69) is 13.8 Å². The molecule has 1 aliphatic rings. The van der Waals surface area contributed by atoms with Crippen LogP contribution in [0.25, 0.3) is 5.57 Å². The Kier molecular flexibility index (Phi) is 5.51. The van der Waals surface area contributed by atoms with Crippen molar-refractivity contribution in [2.75, 3.05) is 0 Å². The van der Waals surface area contributed by atoms with Gasteiger partial charge >= 0.3 is 7.40 Å². The van der Waals surface area contributed by atoms with Gasteiger partial charge in [-0.05, 0) is 74.8 Å². The molecule has 0 N–H and O–H groups in total. The lowest BCUT2D eigenvalue weighted by Crippen LogP contribution is -2.18. The van der Waals surface area contributed by atoms with Crippen LogP contribution in [-0.4, -0.2) is 17.6 Å². The van der Waals surface area contributed by atoms with E-state index in [4.69, 9.17) is 4.99 Å². The van der Waals surface area contributed by atoms with Gasteiger partial charge in [-0.1, -0.05) is 20.8 Å². The van der Waals surface area contributed by atoms with Crippen LogP contribution in [0.1, 0.15) is 70.0 Å². The molecule has 0 saturated heterocycles. The fraction of sp³-hybridized carbons (Fsp3) is 0.526. The topological polar surface area (TPSA) is 17.3 Å². The molecule has 0 unspecified atom stereocenters. The van der Waals surface area contributed by atoms with E-state index in [-0.39, 0.29) is 0 Å². The van der Waals surface area contributed by atoms with Crippen LogP contribution >= 0.6 is 0 Å². The number of allylic oxidation sites excluding steroid dienone is 3. The maximum atomic E-state index is 13.8. The van der Waals surface area contributed by atoms with Gasteiger partial charge in [0.15, 0.2) is 0 Å². The van der Waals surface area contributed by atoms with E-state index < -0.39 is 7.40 Å². The molecule has 24 heavy (non-hydrogen) atoms. The Labute approximate surface area is 144 Å². The van der Waals surface area contributed by atoms with E-state index >= 15 is 0 Å². The van der Waals surface area contributed by atoms with E-state index in [0.29, 0.717) is 11.4 Å². The van der Waals surface area contributed by atoms with Crippen molar-refractivity contribution in [2.45, 2.75) is 67.7 Å². The summed E-state index contributed by atoms with van der Waals surface area (Å²) >= 11 is 0. The van der Waals surface area contributed by atoms with E-state index in [9.17, 15) is 8.63 Å². The second kappa shape index (κ2) is 7.08. The molecule has 2 heterocycles. The zero-order chi connectivity index (χ0) is 18.2. The Morgan fingerprint density at radius 1 is 1.00 bits per heavy atom. The first-order chi connectivity index (χ1) is 11.3. The molecule has 0 bridgehead atoms. The second-order valence-electron chi connectivity index (χ2n) is 6.37. The van der Waals surface area contributed by atoms with Crippen LogP contribution in [0.5, 0.6) is 0 Å². The smallest absolute Gasteiger partial charge is 0.329 e. The van der Waals surface area contributed by atoms with Crippen LogP contribution in [0.4, 0.5) is 8.63 Å². The van der Waals surface area contributed by atoms with Crippen molar-refractivity contribution in [1.82, 2.24) is 4.48 Å². The number of hydrogen-bond donors (Lipinski definition) is 0. The number of aliphatic imine (C=N–C) groups is 1. The summed E-state index contributed by atoms with van der Waals surface area (Å²) < 4.78 is 28.7. The monoisotopic (exact) mass is 332 g/mol. The van der Waals surface area contributed by atoms with E-state index in [1.807, 2.05) is 27.7 Å². The fourth-order valence-corrected chi connectivity index (χ4v) is 4.07. The summed E-state index contributed by atoms with van der Waals surface area (Å²) in [5.74, 6) is 0. The predicted octanol–water partition coefficient (Wildman–Crippen LogP) is 5.76. The minimum Gasteiger partial charge on any atom is -0.329 e. The molecule has 1 aromatic heterocycles. The fourth-order valence-electron chi connectivity index (χ4n) is 4.07. The summed E-state index contributed by atoms with van der Waals surface area (Å²) in [7, 11) is -2.54. The van der Waals surface area contributed by atoms with Gasteiger partial charge < -0.3 is 4.48 Å². The minimum absolute atomic E-state index is 0.634. The van der Waals surface area contributed by atoms with Gasteiger partial charge in [0, 0.05) is 17.1 Å². The maximum Gasteiger partial charge on any atom is 0.677 e. The molecule has 0 amide bonds. The lowest BCUT2D eigenvalue weighted by atomic mass is 9.96. The molecule has 0 spiro atoms. The van der Waals surface area contributed by atoms with E-state index in [0.717, 1.165) is 47.4 Å². The van der Waals surface area contributed by atoms with Crippen molar-refractivity contribution in [1.29, 1.82) is 0 Å². The minimum atomic E-state index is -2.54. The van der Waals surface area contributed by atoms with Crippen LogP contribution in [-0.2, 0) is 6.42 Å². The van der Waals surface area contributed by atoms with Gasteiger partial charge in [-0.25, -0.2) is 0 Å². The summed E-state index contributed by atoms with van der Waals surface area (Å²) in [6.45, 7) is 13.9. The van der Waals surface area contributed by atoms with Crippen molar-refractivity contribution in [3.05, 3.63) is 39.4 Å². The summed E-state index contributed by atoms with van der Waals surface area (Å²) in [6, 6.07) is 0. The van der Waals surface area contributed by atoms with Crippen LogP contribution in [0, 0.1) is 13.8 Å². The average Bonchev–Trinajstić information content (AvgIpc) is 2.99. The van der Waals surface area contributed by atoms with Gasteiger partial charge in [-0.15, -0.1) is 0 Å². The van der Waals surface area contributed by atoms with Gasteiger partial charge in [0.25, 0.3) is 0 Å². The van der Waals surface area contributed by atoms with Crippen LogP contribution in [0.15, 0.2) is 21.8 Å². The first-order valence-corrected chi connectivity index (χ1v) is 8.77. The molecule has 0 aliphatic carbocycles. The Morgan fingerprint density at radius 2 is 1.58 bits per heavy atom. The molecule has 2 nitrogen and oxygen atoms in total. The normalized spacial score (nSPS) is 16.8. The van der Waals surface area contributed by atoms with Crippen LogP contribution in [0.2, 0.25) is 0 Å². The van der Waals surface area contributed by atoms with Crippen LogP contribution < -0.4 is 0 Å². The highest BCUT2D eigenvalue weighted by Gasteiger charge is 2.30. The highest BCUT2D eigenvalue weighted by atomic mass is 19.2. The predicted molar refractivity (Wildman–Crippen MR) is 100.0 cm³/mol. The van der Waals surface area contributed by atoms with E-state index in [1.165, 1.54) is 15.6 Å². The number of rotatable bonds is 5. The lowest BCUT2D eigenvalue weighted by molar-refractivity contribution is 0.623. The summed E-state index contributed by atoms with van der Waals surface area (Å²) in [4.78, 5) is 4.74. The second-order valence-corrected chi connectivity index (χ2v) is 6.37. The molecule has 0 radical (unpaired) electrons. The van der Waals surface area contributed by atoms with Crippen molar-refractivity contribution in [3.8, 4) is 0 Å². The standard InChI is InChI=1S/C19H27BF2N2/c1-8-15-11(4)19(24(14(15)7)20(21)22)12(5)18-17(10-3)16(9-2)13(6)23-18/h8-10H2,1-7H3/b18-12-. The summed E-state index contributed by atoms with van der Waals surface area (Å²) in [5, 5.41) is 0. The third-order valence-electron chi connectivity index (χ3n) is 5.18. The van der Waals surface area contributed by atoms with Gasteiger partial charge in [-0.2, -0.15) is 0 Å². The highest BCUT2D eigenvalue weighted by Crippen LogP contribution is 2.38. The third kappa shape index (κ3) is 2.78. The molecule has 5 heteroatoms. The van der Waals surface area contributed by atoms with Gasteiger partial charge in [0.05, 0.1) is 5.70 Å². The summed E-state index contributed by atoms with van der Waals surface area (Å²) in [5.41, 5.74) is 8.48. The first-order valence-electron chi connectivity index (χ1n) is 8.77. The van der Waals surface area contributed by atoms with Crippen molar-refractivity contribution in [2.24, 2.45) is 4.99 Å². The quantitative estimate of drug-likeness (QED) is 0.610. The number of nitrogens with zero attached hydrogens (tertiary/aromatic N) is 2. The molecule has 0 atom stereocenters. The molecule has 1 aliphatic heterocycles. The Balaban J connectivity index is 2.80. The largest absolute Gasteiger partial charge is 0.677 e. The molecule has 1 aromatic rings. The molecule has 2 rings (SSSR count). The highest BCUT2D eigenvalue weighted by molar-refractivity contribution is 6.41. The number of halogens is 2. The molecular weight excluding hydrogens is 305 g/mol. The van der Waals surface area contributed by atoms with Gasteiger partial charge in [-0.3, -0.25) is 13.6 Å². The van der Waals surface area contributed by atoms with Crippen molar-refractivity contribution >= 4 is 18.7 Å². The van der Waals surface area contributed by atoms with Crippen molar-refractivity contribution < 1.29 is 8.63 Å². The van der Waals surface area contributed by atoms with Gasteiger partial charge in [0.1, 0.15) is 0 Å². The first kappa shape index (κ1) is 18.7. The average molecular weight is 332 g/mol.